The van der Waals surface area contributed by atoms with E-state index in [2.05, 4.69) is 52.7 Å². The maximum atomic E-state index is 13.2. The Morgan fingerprint density at radius 3 is 2.54 bits per heavy atom. The van der Waals surface area contributed by atoms with Gasteiger partial charge in [-0.05, 0) is 59.7 Å². The lowest BCUT2D eigenvalue weighted by atomic mass is 10.0. The molecule has 0 unspecified atom stereocenters. The number of benzene rings is 3. The highest BCUT2D eigenvalue weighted by atomic mass is 35.5. The summed E-state index contributed by atoms with van der Waals surface area (Å²) in [5.74, 6) is -0.0160. The molecule has 4 rings (SSSR count). The zero-order chi connectivity index (χ0) is 26.2. The van der Waals surface area contributed by atoms with Crippen LogP contribution in [0.3, 0.4) is 0 Å². The Kier molecular flexibility index (Phi) is 9.39. The first kappa shape index (κ1) is 26.9. The quantitative estimate of drug-likeness (QED) is 0.186. The minimum absolute atomic E-state index is 0.00371. The Morgan fingerprint density at radius 2 is 1.78 bits per heavy atom. The van der Waals surface area contributed by atoms with Gasteiger partial charge in [0.05, 0.1) is 6.04 Å². The minimum atomic E-state index is -0.578. The summed E-state index contributed by atoms with van der Waals surface area (Å²) in [6, 6.07) is 22.3. The van der Waals surface area contributed by atoms with Crippen LogP contribution in [0.4, 0.5) is 0 Å². The summed E-state index contributed by atoms with van der Waals surface area (Å²) >= 11 is 5.99. The molecule has 1 saturated heterocycles. The van der Waals surface area contributed by atoms with Crippen LogP contribution in [0.5, 0.6) is 0 Å². The second-order valence-corrected chi connectivity index (χ2v) is 10.3. The van der Waals surface area contributed by atoms with Crippen molar-refractivity contribution < 1.29 is 4.79 Å². The van der Waals surface area contributed by atoms with E-state index in [-0.39, 0.29) is 17.9 Å². The van der Waals surface area contributed by atoms with Gasteiger partial charge in [-0.15, -0.1) is 0 Å². The van der Waals surface area contributed by atoms with Gasteiger partial charge < -0.3 is 21.7 Å². The van der Waals surface area contributed by atoms with Crippen molar-refractivity contribution in [3.05, 3.63) is 82.9 Å². The summed E-state index contributed by atoms with van der Waals surface area (Å²) in [5, 5.41) is 13.5. The Morgan fingerprint density at radius 1 is 1.05 bits per heavy atom. The van der Waals surface area contributed by atoms with Crippen molar-refractivity contribution in [3.8, 4) is 0 Å². The molecule has 0 spiro atoms. The van der Waals surface area contributed by atoms with Gasteiger partial charge >= 0.3 is 0 Å². The number of halogens is 1. The highest BCUT2D eigenvalue weighted by Crippen LogP contribution is 2.20. The lowest BCUT2D eigenvalue weighted by molar-refractivity contribution is -0.135. The molecule has 37 heavy (non-hydrogen) atoms. The second-order valence-electron chi connectivity index (χ2n) is 9.83. The molecule has 1 amide bonds. The van der Waals surface area contributed by atoms with Gasteiger partial charge in [0, 0.05) is 43.8 Å². The standard InChI is InChI=1S/C29H37ClN6O/c30-25-11-8-21(9-12-25)19-27(31)28(37)36-17-16-35(26(20-36)6-3-14-34-29(32)33)15-13-22-7-10-23-4-1-2-5-24(23)18-22/h1-2,4-5,7-12,18,26-27H,3,6,13-17,19-20,31H2,(H4,32,33,34)/t26-,27-/m1/s1. The minimum Gasteiger partial charge on any atom is -0.370 e. The number of fused-ring (bicyclic) bond motifs is 1. The van der Waals surface area contributed by atoms with Gasteiger partial charge in [-0.2, -0.15) is 0 Å². The first-order chi connectivity index (χ1) is 17.9. The van der Waals surface area contributed by atoms with Gasteiger partial charge in [-0.1, -0.05) is 66.2 Å². The van der Waals surface area contributed by atoms with Gasteiger partial charge in [-0.25, -0.2) is 0 Å². The van der Waals surface area contributed by atoms with E-state index < -0.39 is 6.04 Å². The Balaban J connectivity index is 1.37. The molecule has 1 aliphatic heterocycles. The van der Waals surface area contributed by atoms with E-state index in [1.165, 1.54) is 16.3 Å². The topological polar surface area (TPSA) is 111 Å². The lowest BCUT2D eigenvalue weighted by Crippen LogP contribution is -2.58. The second kappa shape index (κ2) is 12.9. The van der Waals surface area contributed by atoms with Crippen molar-refractivity contribution in [1.29, 1.82) is 5.41 Å². The van der Waals surface area contributed by atoms with E-state index in [1.54, 1.807) is 0 Å². The molecule has 0 aliphatic carbocycles. The highest BCUT2D eigenvalue weighted by molar-refractivity contribution is 6.30. The average molecular weight is 521 g/mol. The van der Waals surface area contributed by atoms with Crippen LogP contribution < -0.4 is 16.8 Å². The molecule has 1 aliphatic rings. The van der Waals surface area contributed by atoms with Gasteiger partial charge in [0.15, 0.2) is 5.96 Å². The number of rotatable bonds is 10. The van der Waals surface area contributed by atoms with Crippen LogP contribution >= 0.6 is 11.6 Å². The van der Waals surface area contributed by atoms with Gasteiger partial charge in [0.25, 0.3) is 0 Å². The largest absolute Gasteiger partial charge is 0.370 e. The monoisotopic (exact) mass is 520 g/mol. The third kappa shape index (κ3) is 7.68. The fourth-order valence-electron chi connectivity index (χ4n) is 5.09. The number of carbonyl (C=O) groups is 1. The van der Waals surface area contributed by atoms with Crippen LogP contribution in [0.25, 0.3) is 10.8 Å². The molecule has 0 aromatic heterocycles. The third-order valence-corrected chi connectivity index (χ3v) is 7.39. The molecule has 0 bridgehead atoms. The number of nitrogens with one attached hydrogen (secondary N) is 2. The Labute approximate surface area is 224 Å². The van der Waals surface area contributed by atoms with Crippen LogP contribution in [0.15, 0.2) is 66.7 Å². The lowest BCUT2D eigenvalue weighted by Gasteiger charge is -2.42. The molecular weight excluding hydrogens is 484 g/mol. The molecule has 8 heteroatoms. The summed E-state index contributed by atoms with van der Waals surface area (Å²) in [6.07, 6.45) is 3.23. The first-order valence-corrected chi connectivity index (χ1v) is 13.4. The Hall–Kier alpha value is -3.13. The van der Waals surface area contributed by atoms with E-state index in [0.29, 0.717) is 31.1 Å². The number of hydrogen-bond acceptors (Lipinski definition) is 4. The van der Waals surface area contributed by atoms with E-state index in [9.17, 15) is 4.79 Å². The fourth-order valence-corrected chi connectivity index (χ4v) is 5.21. The summed E-state index contributed by atoms with van der Waals surface area (Å²) in [4.78, 5) is 17.7. The van der Waals surface area contributed by atoms with Crippen molar-refractivity contribution in [2.45, 2.75) is 37.8 Å². The number of carbonyl (C=O) groups excluding carboxylic acids is 1. The van der Waals surface area contributed by atoms with Crippen molar-refractivity contribution in [3.63, 3.8) is 0 Å². The number of nitrogens with zero attached hydrogens (tertiary/aromatic N) is 2. The van der Waals surface area contributed by atoms with E-state index in [1.807, 2.05) is 29.2 Å². The van der Waals surface area contributed by atoms with Crippen LogP contribution in [-0.4, -0.2) is 66.5 Å². The molecule has 3 aromatic rings. The molecule has 7 nitrogen and oxygen atoms in total. The zero-order valence-electron chi connectivity index (χ0n) is 21.2. The van der Waals surface area contributed by atoms with Gasteiger partial charge in [0.1, 0.15) is 0 Å². The fraction of sp³-hybridized carbons (Fsp3) is 0.379. The molecule has 2 atom stereocenters. The van der Waals surface area contributed by atoms with Crippen molar-refractivity contribution in [2.75, 3.05) is 32.7 Å². The summed E-state index contributed by atoms with van der Waals surface area (Å²) in [5.41, 5.74) is 14.1. The number of hydrogen-bond donors (Lipinski definition) is 4. The number of amides is 1. The maximum absolute atomic E-state index is 13.2. The molecule has 3 aromatic carbocycles. The number of piperazine rings is 1. The highest BCUT2D eigenvalue weighted by Gasteiger charge is 2.31. The van der Waals surface area contributed by atoms with E-state index in [0.717, 1.165) is 37.9 Å². The predicted molar refractivity (Wildman–Crippen MR) is 152 cm³/mol. The number of guanidine groups is 1. The van der Waals surface area contributed by atoms with E-state index >= 15 is 0 Å². The van der Waals surface area contributed by atoms with Crippen LogP contribution in [0.2, 0.25) is 5.02 Å². The van der Waals surface area contributed by atoms with E-state index in [4.69, 9.17) is 28.5 Å². The average Bonchev–Trinajstić information content (AvgIpc) is 2.90. The van der Waals surface area contributed by atoms with Crippen molar-refractivity contribution >= 4 is 34.2 Å². The van der Waals surface area contributed by atoms with Crippen LogP contribution in [-0.2, 0) is 17.6 Å². The molecule has 1 fully saturated rings. The molecule has 0 saturated carbocycles. The van der Waals surface area contributed by atoms with Gasteiger partial charge in [-0.3, -0.25) is 15.1 Å². The van der Waals surface area contributed by atoms with Gasteiger partial charge in [0.2, 0.25) is 5.91 Å². The summed E-state index contributed by atoms with van der Waals surface area (Å²) in [7, 11) is 0. The molecule has 196 valence electrons. The smallest absolute Gasteiger partial charge is 0.239 e. The first-order valence-electron chi connectivity index (χ1n) is 13.0. The molecule has 6 N–H and O–H groups in total. The van der Waals surface area contributed by atoms with Crippen molar-refractivity contribution in [2.24, 2.45) is 11.5 Å². The summed E-state index contributed by atoms with van der Waals surface area (Å²) < 4.78 is 0. The zero-order valence-corrected chi connectivity index (χ0v) is 22.0. The van der Waals surface area contributed by atoms with Crippen LogP contribution in [0, 0.1) is 5.41 Å². The normalized spacial score (nSPS) is 17.0. The van der Waals surface area contributed by atoms with Crippen molar-refractivity contribution in [1.82, 2.24) is 15.1 Å². The van der Waals surface area contributed by atoms with Crippen LogP contribution in [0.1, 0.15) is 24.0 Å². The Bertz CT molecular complexity index is 1200. The number of nitrogens with two attached hydrogens (primary N) is 2. The summed E-state index contributed by atoms with van der Waals surface area (Å²) in [6.45, 7) is 3.73. The maximum Gasteiger partial charge on any atom is 0.239 e. The molecule has 0 radical (unpaired) electrons. The molecular formula is C29H37ClN6O. The molecule has 1 heterocycles. The third-order valence-electron chi connectivity index (χ3n) is 7.13. The SMILES string of the molecule is N=C(N)NCCC[C@@H]1CN(C(=O)[C@H](N)Cc2ccc(Cl)cc2)CCN1CCc1ccc2ccccc2c1. The predicted octanol–water partition coefficient (Wildman–Crippen LogP) is 3.38.